The fraction of sp³-hybridized carbons (Fsp3) is 0.636. The minimum Gasteiger partial charge on any atom is -0.480 e. The Morgan fingerprint density at radius 3 is 2.94 bits per heavy atom. The van der Waals surface area contributed by atoms with Gasteiger partial charge in [-0.05, 0) is 26.3 Å². The topological polar surface area (TPSA) is 69.6 Å². The summed E-state index contributed by atoms with van der Waals surface area (Å²) >= 11 is 0. The van der Waals surface area contributed by atoms with E-state index in [9.17, 15) is 9.59 Å². The molecule has 1 amide bonds. The van der Waals surface area contributed by atoms with Crippen LogP contribution in [0.1, 0.15) is 19.8 Å². The van der Waals surface area contributed by atoms with E-state index in [0.29, 0.717) is 13.0 Å². The fourth-order valence-electron chi connectivity index (χ4n) is 1.95. The number of amides is 1. The van der Waals surface area contributed by atoms with E-state index in [1.54, 1.807) is 11.8 Å². The first-order chi connectivity index (χ1) is 7.57. The molecule has 0 aromatic heterocycles. The highest BCUT2D eigenvalue weighted by molar-refractivity contribution is 5.83. The lowest BCUT2D eigenvalue weighted by atomic mass is 10.2. The standard InChI is InChI=1S/C11H16N2O3/c1-3-6-12-10(14)8(2)13-7-4-5-9(13)11(15)16/h1,8-9H,4-7H2,2H3,(H,12,14)(H,15,16). The van der Waals surface area contributed by atoms with Crippen molar-refractivity contribution in [3.8, 4) is 12.3 Å². The van der Waals surface area contributed by atoms with Gasteiger partial charge in [0, 0.05) is 0 Å². The molecule has 0 bridgehead atoms. The van der Waals surface area contributed by atoms with Crippen molar-refractivity contribution < 1.29 is 14.7 Å². The summed E-state index contributed by atoms with van der Waals surface area (Å²) < 4.78 is 0. The summed E-state index contributed by atoms with van der Waals surface area (Å²) in [6, 6.07) is -0.997. The molecule has 0 saturated carbocycles. The van der Waals surface area contributed by atoms with E-state index >= 15 is 0 Å². The van der Waals surface area contributed by atoms with Crippen LogP contribution in [0.15, 0.2) is 0 Å². The number of carboxylic acid groups (broad SMARTS) is 1. The molecule has 0 spiro atoms. The molecule has 0 aliphatic carbocycles. The molecule has 0 aromatic carbocycles. The summed E-state index contributed by atoms with van der Waals surface area (Å²) in [6.45, 7) is 2.52. The highest BCUT2D eigenvalue weighted by Crippen LogP contribution is 2.20. The Balaban J connectivity index is 2.59. The molecule has 1 fully saturated rings. The predicted molar refractivity (Wildman–Crippen MR) is 58.7 cm³/mol. The van der Waals surface area contributed by atoms with Gasteiger partial charge in [0.1, 0.15) is 6.04 Å². The second-order valence-electron chi connectivity index (χ2n) is 3.83. The molecule has 0 aromatic rings. The summed E-state index contributed by atoms with van der Waals surface area (Å²) in [4.78, 5) is 24.3. The molecule has 2 atom stereocenters. The van der Waals surface area contributed by atoms with E-state index in [1.165, 1.54) is 0 Å². The van der Waals surface area contributed by atoms with Gasteiger partial charge in [0.25, 0.3) is 0 Å². The Hall–Kier alpha value is -1.54. The van der Waals surface area contributed by atoms with Crippen LogP contribution in [-0.4, -0.2) is 47.1 Å². The van der Waals surface area contributed by atoms with Gasteiger partial charge in [0.05, 0.1) is 12.6 Å². The highest BCUT2D eigenvalue weighted by atomic mass is 16.4. The number of aliphatic carboxylic acids is 1. The van der Waals surface area contributed by atoms with Crippen molar-refractivity contribution in [3.63, 3.8) is 0 Å². The third-order valence-corrected chi connectivity index (χ3v) is 2.82. The molecule has 88 valence electrons. The van der Waals surface area contributed by atoms with Gasteiger partial charge < -0.3 is 10.4 Å². The summed E-state index contributed by atoms with van der Waals surface area (Å²) in [5, 5.41) is 11.5. The van der Waals surface area contributed by atoms with E-state index in [-0.39, 0.29) is 12.5 Å². The third kappa shape index (κ3) is 2.74. The average molecular weight is 224 g/mol. The van der Waals surface area contributed by atoms with Crippen LogP contribution in [0.25, 0.3) is 0 Å². The number of carbonyl (C=O) groups is 2. The Kier molecular flexibility index (Phi) is 4.32. The van der Waals surface area contributed by atoms with Crippen molar-refractivity contribution in [1.29, 1.82) is 0 Å². The van der Waals surface area contributed by atoms with E-state index in [1.807, 2.05) is 0 Å². The maximum atomic E-state index is 11.6. The summed E-state index contributed by atoms with van der Waals surface area (Å²) in [5.41, 5.74) is 0. The van der Waals surface area contributed by atoms with E-state index in [2.05, 4.69) is 11.2 Å². The molecular formula is C11H16N2O3. The van der Waals surface area contributed by atoms with Crippen molar-refractivity contribution in [2.24, 2.45) is 0 Å². The van der Waals surface area contributed by atoms with Gasteiger partial charge in [0.2, 0.25) is 5.91 Å². The van der Waals surface area contributed by atoms with Crippen molar-refractivity contribution >= 4 is 11.9 Å². The van der Waals surface area contributed by atoms with Gasteiger partial charge in [-0.1, -0.05) is 5.92 Å². The molecule has 16 heavy (non-hydrogen) atoms. The molecule has 1 aliphatic rings. The molecule has 5 nitrogen and oxygen atoms in total. The Morgan fingerprint density at radius 2 is 2.38 bits per heavy atom. The van der Waals surface area contributed by atoms with Gasteiger partial charge in [0.15, 0.2) is 0 Å². The van der Waals surface area contributed by atoms with Gasteiger partial charge in [-0.25, -0.2) is 0 Å². The number of terminal acetylenes is 1. The van der Waals surface area contributed by atoms with Crippen molar-refractivity contribution in [2.75, 3.05) is 13.1 Å². The van der Waals surface area contributed by atoms with Gasteiger partial charge in [-0.2, -0.15) is 0 Å². The Morgan fingerprint density at radius 1 is 1.69 bits per heavy atom. The normalized spacial score (nSPS) is 22.4. The van der Waals surface area contributed by atoms with Crippen molar-refractivity contribution in [3.05, 3.63) is 0 Å². The SMILES string of the molecule is C#CCNC(=O)C(C)N1CCCC1C(=O)O. The second-order valence-corrected chi connectivity index (χ2v) is 3.83. The van der Waals surface area contributed by atoms with Gasteiger partial charge in [-0.3, -0.25) is 14.5 Å². The molecule has 5 heteroatoms. The van der Waals surface area contributed by atoms with Crippen LogP contribution in [0.3, 0.4) is 0 Å². The van der Waals surface area contributed by atoms with E-state index < -0.39 is 18.1 Å². The number of hydrogen-bond acceptors (Lipinski definition) is 3. The quantitative estimate of drug-likeness (QED) is 0.642. The summed E-state index contributed by atoms with van der Waals surface area (Å²) in [5.74, 6) is 1.23. The monoisotopic (exact) mass is 224 g/mol. The molecule has 1 rings (SSSR count). The molecular weight excluding hydrogens is 208 g/mol. The average Bonchev–Trinajstić information content (AvgIpc) is 2.73. The first-order valence-electron chi connectivity index (χ1n) is 5.27. The number of rotatable bonds is 4. The largest absolute Gasteiger partial charge is 0.480 e. The van der Waals surface area contributed by atoms with Crippen molar-refractivity contribution in [2.45, 2.75) is 31.8 Å². The number of carbonyl (C=O) groups excluding carboxylic acids is 1. The number of likely N-dealkylation sites (tertiary alicyclic amines) is 1. The number of nitrogens with one attached hydrogen (secondary N) is 1. The first kappa shape index (κ1) is 12.5. The molecule has 1 heterocycles. The van der Waals surface area contributed by atoms with E-state index in [0.717, 1.165) is 6.42 Å². The van der Waals surface area contributed by atoms with Crippen LogP contribution in [0, 0.1) is 12.3 Å². The lowest BCUT2D eigenvalue weighted by Crippen LogP contribution is -2.49. The van der Waals surface area contributed by atoms with Gasteiger partial charge >= 0.3 is 5.97 Å². The van der Waals surface area contributed by atoms with Crippen LogP contribution >= 0.6 is 0 Å². The fourth-order valence-corrected chi connectivity index (χ4v) is 1.95. The molecule has 1 saturated heterocycles. The lowest BCUT2D eigenvalue weighted by molar-refractivity contribution is -0.143. The number of carboxylic acids is 1. The summed E-state index contributed by atoms with van der Waals surface area (Å²) in [6.07, 6.45) is 6.44. The highest BCUT2D eigenvalue weighted by Gasteiger charge is 2.35. The zero-order chi connectivity index (χ0) is 12.1. The van der Waals surface area contributed by atoms with Crippen LogP contribution in [-0.2, 0) is 9.59 Å². The molecule has 2 unspecified atom stereocenters. The van der Waals surface area contributed by atoms with Crippen molar-refractivity contribution in [1.82, 2.24) is 10.2 Å². The van der Waals surface area contributed by atoms with Gasteiger partial charge in [-0.15, -0.1) is 6.42 Å². The van der Waals surface area contributed by atoms with E-state index in [4.69, 9.17) is 11.5 Å². The smallest absolute Gasteiger partial charge is 0.320 e. The number of hydrogen-bond donors (Lipinski definition) is 2. The van der Waals surface area contributed by atoms with Crippen LogP contribution in [0.2, 0.25) is 0 Å². The number of nitrogens with zero attached hydrogens (tertiary/aromatic N) is 1. The molecule has 2 N–H and O–H groups in total. The molecule has 1 aliphatic heterocycles. The maximum Gasteiger partial charge on any atom is 0.320 e. The van der Waals surface area contributed by atoms with Crippen LogP contribution in [0.5, 0.6) is 0 Å². The van der Waals surface area contributed by atoms with Crippen LogP contribution < -0.4 is 5.32 Å². The molecule has 0 radical (unpaired) electrons. The zero-order valence-corrected chi connectivity index (χ0v) is 9.27. The Labute approximate surface area is 94.8 Å². The summed E-state index contributed by atoms with van der Waals surface area (Å²) in [7, 11) is 0. The predicted octanol–water partition coefficient (Wildman–Crippen LogP) is -0.327. The maximum absolute atomic E-state index is 11.6. The zero-order valence-electron chi connectivity index (χ0n) is 9.27. The first-order valence-corrected chi connectivity index (χ1v) is 5.27. The second kappa shape index (κ2) is 5.52. The van der Waals surface area contributed by atoms with Crippen LogP contribution in [0.4, 0.5) is 0 Å². The Bertz CT molecular complexity index is 322. The minimum absolute atomic E-state index is 0.175. The minimum atomic E-state index is -0.867. The third-order valence-electron chi connectivity index (χ3n) is 2.82. The lowest BCUT2D eigenvalue weighted by Gasteiger charge is -2.26.